The summed E-state index contributed by atoms with van der Waals surface area (Å²) in [5, 5.41) is 16.4. The summed E-state index contributed by atoms with van der Waals surface area (Å²) in [5.41, 5.74) is 5.12. The highest BCUT2D eigenvalue weighted by Crippen LogP contribution is 2.37. The fourth-order valence-corrected chi connectivity index (χ4v) is 5.00. The molecule has 0 saturated heterocycles. The Morgan fingerprint density at radius 2 is 1.72 bits per heavy atom. The number of aromatic hydroxyl groups is 1. The molecule has 0 aliphatic heterocycles. The standard InChI is InChI=1S/C27H25ClO/c1-2-17-3-6-19-7-11-24-23(25(19)14-17)12-8-20-15-21(27(29)16-26(20)24)13-18-4-9-22(28)10-5-18/h4-5,7-12,15-17,29H,2-3,6,13-14H2,1H3. The van der Waals surface area contributed by atoms with Gasteiger partial charge in [-0.25, -0.2) is 0 Å². The van der Waals surface area contributed by atoms with Crippen molar-refractivity contribution in [2.75, 3.05) is 0 Å². The molecule has 29 heavy (non-hydrogen) atoms. The molecule has 0 amide bonds. The van der Waals surface area contributed by atoms with E-state index in [1.807, 2.05) is 30.3 Å². The number of hydrogen-bond donors (Lipinski definition) is 1. The van der Waals surface area contributed by atoms with Crippen LogP contribution in [-0.2, 0) is 19.3 Å². The van der Waals surface area contributed by atoms with E-state index in [2.05, 4.69) is 37.3 Å². The number of fused-ring (bicyclic) bond motifs is 5. The third-order valence-electron chi connectivity index (χ3n) is 6.62. The van der Waals surface area contributed by atoms with Crippen molar-refractivity contribution < 1.29 is 5.11 Å². The van der Waals surface area contributed by atoms with E-state index >= 15 is 0 Å². The fraction of sp³-hybridized carbons (Fsp3) is 0.259. The summed E-state index contributed by atoms with van der Waals surface area (Å²) >= 11 is 6.00. The Balaban J connectivity index is 1.61. The zero-order valence-electron chi connectivity index (χ0n) is 16.7. The maximum absolute atomic E-state index is 10.8. The van der Waals surface area contributed by atoms with Crippen LogP contribution in [0.2, 0.25) is 5.02 Å². The van der Waals surface area contributed by atoms with Crippen LogP contribution in [0.4, 0.5) is 0 Å². The predicted molar refractivity (Wildman–Crippen MR) is 123 cm³/mol. The summed E-state index contributed by atoms with van der Waals surface area (Å²) in [6.07, 6.45) is 5.61. The molecular formula is C27H25ClO. The fourth-order valence-electron chi connectivity index (χ4n) is 4.87. The number of benzene rings is 4. The van der Waals surface area contributed by atoms with Gasteiger partial charge in [-0.2, -0.15) is 0 Å². The third kappa shape index (κ3) is 3.38. The monoisotopic (exact) mass is 400 g/mol. The maximum atomic E-state index is 10.8. The van der Waals surface area contributed by atoms with Crippen LogP contribution in [0.25, 0.3) is 21.5 Å². The van der Waals surface area contributed by atoms with Crippen molar-refractivity contribution in [1.82, 2.24) is 0 Å². The third-order valence-corrected chi connectivity index (χ3v) is 6.88. The molecule has 0 saturated carbocycles. The lowest BCUT2D eigenvalue weighted by atomic mass is 9.80. The van der Waals surface area contributed by atoms with Gasteiger partial charge in [0.05, 0.1) is 0 Å². The van der Waals surface area contributed by atoms with Crippen LogP contribution in [0, 0.1) is 5.92 Å². The lowest BCUT2D eigenvalue weighted by Crippen LogP contribution is -2.13. The summed E-state index contributed by atoms with van der Waals surface area (Å²) in [4.78, 5) is 0. The second-order valence-corrected chi connectivity index (χ2v) is 8.82. The molecule has 1 N–H and O–H groups in total. The lowest BCUT2D eigenvalue weighted by molar-refractivity contribution is 0.447. The molecule has 1 aliphatic rings. The number of phenolic OH excluding ortho intramolecular Hbond substituents is 1. The minimum absolute atomic E-state index is 0.365. The molecule has 0 aromatic heterocycles. The first-order valence-corrected chi connectivity index (χ1v) is 10.9. The van der Waals surface area contributed by atoms with E-state index in [1.165, 1.54) is 53.0 Å². The van der Waals surface area contributed by atoms with E-state index in [-0.39, 0.29) is 0 Å². The van der Waals surface area contributed by atoms with Crippen LogP contribution in [0.1, 0.15) is 42.0 Å². The van der Waals surface area contributed by atoms with Crippen molar-refractivity contribution in [2.45, 2.75) is 39.0 Å². The van der Waals surface area contributed by atoms with E-state index in [0.717, 1.165) is 27.5 Å². The van der Waals surface area contributed by atoms with E-state index in [4.69, 9.17) is 11.6 Å². The molecule has 1 nitrogen and oxygen atoms in total. The van der Waals surface area contributed by atoms with Crippen LogP contribution in [0.15, 0.2) is 60.7 Å². The number of halogens is 1. The topological polar surface area (TPSA) is 20.2 Å². The highest BCUT2D eigenvalue weighted by Gasteiger charge is 2.20. The van der Waals surface area contributed by atoms with Gasteiger partial charge in [-0.3, -0.25) is 0 Å². The molecule has 0 heterocycles. The smallest absolute Gasteiger partial charge is 0.119 e. The molecule has 0 bridgehead atoms. The molecule has 1 aliphatic carbocycles. The first-order valence-electron chi connectivity index (χ1n) is 10.6. The van der Waals surface area contributed by atoms with Crippen molar-refractivity contribution in [3.8, 4) is 5.75 Å². The Bertz CT molecular complexity index is 1210. The minimum atomic E-state index is 0.365. The van der Waals surface area contributed by atoms with Gasteiger partial charge in [0.1, 0.15) is 5.75 Å². The molecule has 0 spiro atoms. The average molecular weight is 401 g/mol. The Morgan fingerprint density at radius 1 is 0.931 bits per heavy atom. The van der Waals surface area contributed by atoms with Crippen molar-refractivity contribution >= 4 is 33.1 Å². The number of rotatable bonds is 3. The summed E-state index contributed by atoms with van der Waals surface area (Å²) in [7, 11) is 0. The van der Waals surface area contributed by atoms with Gasteiger partial charge in [0.15, 0.2) is 0 Å². The lowest BCUT2D eigenvalue weighted by Gasteiger charge is -2.25. The van der Waals surface area contributed by atoms with Crippen LogP contribution in [0.5, 0.6) is 5.75 Å². The first-order chi connectivity index (χ1) is 14.1. The van der Waals surface area contributed by atoms with E-state index < -0.39 is 0 Å². The van der Waals surface area contributed by atoms with Gasteiger partial charge in [0.2, 0.25) is 0 Å². The number of aryl methyl sites for hydroxylation is 1. The van der Waals surface area contributed by atoms with Gasteiger partial charge in [0, 0.05) is 11.4 Å². The maximum Gasteiger partial charge on any atom is 0.119 e. The summed E-state index contributed by atoms with van der Waals surface area (Å²) in [6, 6.07) is 21.0. The van der Waals surface area contributed by atoms with Gasteiger partial charge < -0.3 is 5.11 Å². The number of phenols is 1. The average Bonchev–Trinajstić information content (AvgIpc) is 2.75. The first kappa shape index (κ1) is 18.5. The van der Waals surface area contributed by atoms with Gasteiger partial charge >= 0.3 is 0 Å². The molecular weight excluding hydrogens is 376 g/mol. The second kappa shape index (κ2) is 7.39. The van der Waals surface area contributed by atoms with Crippen LogP contribution >= 0.6 is 11.6 Å². The SMILES string of the molecule is CCC1CCc2ccc3c(ccc4cc(Cc5ccc(Cl)cc5)c(O)cc43)c2C1. The predicted octanol–water partition coefficient (Wildman–Crippen LogP) is 7.46. The molecule has 146 valence electrons. The molecule has 0 fully saturated rings. The zero-order valence-corrected chi connectivity index (χ0v) is 17.5. The highest BCUT2D eigenvalue weighted by atomic mass is 35.5. The van der Waals surface area contributed by atoms with Crippen LogP contribution in [0.3, 0.4) is 0 Å². The summed E-state index contributed by atoms with van der Waals surface area (Å²) < 4.78 is 0. The molecule has 4 aromatic rings. The number of hydrogen-bond acceptors (Lipinski definition) is 1. The van der Waals surface area contributed by atoms with Crippen molar-refractivity contribution in [3.63, 3.8) is 0 Å². The van der Waals surface area contributed by atoms with Crippen LogP contribution in [-0.4, -0.2) is 5.11 Å². The van der Waals surface area contributed by atoms with Gasteiger partial charge in [-0.1, -0.05) is 61.3 Å². The Morgan fingerprint density at radius 3 is 2.52 bits per heavy atom. The molecule has 0 radical (unpaired) electrons. The van der Waals surface area contributed by atoms with Gasteiger partial charge in [0.25, 0.3) is 0 Å². The molecule has 1 atom stereocenters. The van der Waals surface area contributed by atoms with Gasteiger partial charge in [-0.15, -0.1) is 0 Å². The zero-order chi connectivity index (χ0) is 20.0. The Labute approximate surface area is 176 Å². The molecule has 4 aromatic carbocycles. The summed E-state index contributed by atoms with van der Waals surface area (Å²) in [5.74, 6) is 1.16. The van der Waals surface area contributed by atoms with Gasteiger partial charge in [-0.05, 0) is 93.2 Å². The van der Waals surface area contributed by atoms with E-state index in [1.54, 1.807) is 0 Å². The molecule has 1 unspecified atom stereocenters. The largest absolute Gasteiger partial charge is 0.508 e. The Kier molecular flexibility index (Phi) is 4.72. The second-order valence-electron chi connectivity index (χ2n) is 8.39. The van der Waals surface area contributed by atoms with E-state index in [0.29, 0.717) is 12.2 Å². The van der Waals surface area contributed by atoms with Crippen molar-refractivity contribution in [3.05, 3.63) is 87.9 Å². The van der Waals surface area contributed by atoms with Crippen molar-refractivity contribution in [2.24, 2.45) is 5.92 Å². The van der Waals surface area contributed by atoms with E-state index in [9.17, 15) is 5.11 Å². The molecule has 5 rings (SSSR count). The normalized spacial score (nSPS) is 16.3. The van der Waals surface area contributed by atoms with Crippen LogP contribution < -0.4 is 0 Å². The molecule has 2 heteroatoms. The quantitative estimate of drug-likeness (QED) is 0.354. The highest BCUT2D eigenvalue weighted by molar-refractivity contribution is 6.30. The Hall–Kier alpha value is -2.51. The minimum Gasteiger partial charge on any atom is -0.508 e. The van der Waals surface area contributed by atoms with Crippen molar-refractivity contribution in [1.29, 1.82) is 0 Å². The summed E-state index contributed by atoms with van der Waals surface area (Å²) in [6.45, 7) is 2.30.